The molecular weight excluding hydrogens is 370 g/mol. The maximum atomic E-state index is 12.8. The Labute approximate surface area is 182 Å². The Bertz CT molecular complexity index is 763. The molecule has 3 rings (SSSR count). The first kappa shape index (κ1) is 22.7. The first-order valence-corrected chi connectivity index (χ1v) is 12.2. The van der Waals surface area contributed by atoms with Crippen LogP contribution in [0, 0.1) is 6.92 Å². The van der Waals surface area contributed by atoms with E-state index in [0.717, 1.165) is 24.0 Å². The van der Waals surface area contributed by atoms with Crippen molar-refractivity contribution in [2.75, 3.05) is 0 Å². The normalized spacial score (nSPS) is 17.2. The summed E-state index contributed by atoms with van der Waals surface area (Å²) in [6, 6.07) is 9.90. The molecule has 0 bridgehead atoms. The van der Waals surface area contributed by atoms with Gasteiger partial charge in [0.15, 0.2) is 0 Å². The lowest BCUT2D eigenvalue weighted by Crippen LogP contribution is -2.07. The van der Waals surface area contributed by atoms with Gasteiger partial charge in [-0.2, -0.15) is 0 Å². The van der Waals surface area contributed by atoms with E-state index in [1.807, 2.05) is 30.3 Å². The second kappa shape index (κ2) is 12.6. The summed E-state index contributed by atoms with van der Waals surface area (Å²) < 4.78 is 5.62. The summed E-state index contributed by atoms with van der Waals surface area (Å²) in [5.74, 6) is -0.227. The lowest BCUT2D eigenvalue weighted by Gasteiger charge is -2.08. The topological polar surface area (TPSA) is 42.1 Å². The third-order valence-electron chi connectivity index (χ3n) is 6.49. The molecule has 0 aliphatic heterocycles. The molecule has 0 fully saturated rings. The summed E-state index contributed by atoms with van der Waals surface area (Å²) in [6.07, 6.45) is 18.1. The largest absolute Gasteiger partial charge is 0.456 e. The average molecular weight is 410 g/mol. The van der Waals surface area contributed by atoms with Crippen LogP contribution in [0.15, 0.2) is 30.3 Å². The van der Waals surface area contributed by atoms with Gasteiger partial charge in [0.1, 0.15) is 12.3 Å². The molecule has 1 N–H and O–H groups in total. The van der Waals surface area contributed by atoms with Gasteiger partial charge in [-0.25, -0.2) is 4.79 Å². The van der Waals surface area contributed by atoms with Gasteiger partial charge in [0.05, 0.1) is 0 Å². The van der Waals surface area contributed by atoms with Gasteiger partial charge < -0.3 is 9.72 Å². The second-order valence-electron chi connectivity index (χ2n) is 8.89. The zero-order chi connectivity index (χ0) is 21.0. The van der Waals surface area contributed by atoms with Crippen LogP contribution in [-0.4, -0.2) is 11.0 Å². The molecule has 30 heavy (non-hydrogen) atoms. The minimum Gasteiger partial charge on any atom is -0.456 e. The van der Waals surface area contributed by atoms with Crippen molar-refractivity contribution in [2.24, 2.45) is 0 Å². The summed E-state index contributed by atoms with van der Waals surface area (Å²) in [7, 11) is 0. The van der Waals surface area contributed by atoms with E-state index >= 15 is 0 Å². The Kier molecular flexibility index (Phi) is 9.53. The number of carbonyl (C=O) groups excluding carboxylic acids is 1. The highest BCUT2D eigenvalue weighted by Gasteiger charge is 2.20. The number of benzene rings is 1. The molecule has 0 amide bonds. The highest BCUT2D eigenvalue weighted by molar-refractivity contribution is 5.89. The number of hydrogen-bond acceptors (Lipinski definition) is 2. The van der Waals surface area contributed by atoms with E-state index in [-0.39, 0.29) is 5.97 Å². The fourth-order valence-electron chi connectivity index (χ4n) is 4.62. The van der Waals surface area contributed by atoms with Gasteiger partial charge in [-0.1, -0.05) is 94.5 Å². The third kappa shape index (κ3) is 7.04. The highest BCUT2D eigenvalue weighted by atomic mass is 16.5. The van der Waals surface area contributed by atoms with Crippen molar-refractivity contribution in [1.29, 1.82) is 0 Å². The lowest BCUT2D eigenvalue weighted by molar-refractivity contribution is 0.0465. The van der Waals surface area contributed by atoms with Gasteiger partial charge in [-0.15, -0.1) is 0 Å². The molecule has 0 atom stereocenters. The van der Waals surface area contributed by atoms with E-state index in [2.05, 4.69) is 11.9 Å². The summed E-state index contributed by atoms with van der Waals surface area (Å²) in [5, 5.41) is 0. The lowest BCUT2D eigenvalue weighted by atomic mass is 9.98. The fourth-order valence-corrected chi connectivity index (χ4v) is 4.62. The van der Waals surface area contributed by atoms with E-state index in [0.29, 0.717) is 12.3 Å². The van der Waals surface area contributed by atoms with Crippen LogP contribution < -0.4 is 0 Å². The fraction of sp³-hybridized carbons (Fsp3) is 0.593. The molecule has 0 radical (unpaired) electrons. The number of H-pyrrole nitrogens is 1. The summed E-state index contributed by atoms with van der Waals surface area (Å²) in [6.45, 7) is 2.41. The van der Waals surface area contributed by atoms with Crippen molar-refractivity contribution in [3.8, 4) is 0 Å². The van der Waals surface area contributed by atoms with Crippen LogP contribution in [0.3, 0.4) is 0 Å². The maximum absolute atomic E-state index is 12.8. The number of nitrogens with one attached hydrogen (secondary N) is 1. The van der Waals surface area contributed by atoms with Crippen LogP contribution in [0.25, 0.3) is 0 Å². The van der Waals surface area contributed by atoms with Crippen molar-refractivity contribution >= 4 is 5.97 Å². The SMILES string of the molecule is Cc1c(C(=O)OCc2ccccc2)[nH]c2c1CCCCCCCCCCCCCC2. The first-order valence-electron chi connectivity index (χ1n) is 12.2. The molecule has 164 valence electrons. The van der Waals surface area contributed by atoms with Crippen molar-refractivity contribution in [3.63, 3.8) is 0 Å². The summed E-state index contributed by atoms with van der Waals surface area (Å²) in [5.41, 5.74) is 5.42. The predicted molar refractivity (Wildman–Crippen MR) is 124 cm³/mol. The van der Waals surface area contributed by atoms with E-state index < -0.39 is 0 Å². The van der Waals surface area contributed by atoms with Gasteiger partial charge in [0.25, 0.3) is 0 Å². The average Bonchev–Trinajstić information content (AvgIpc) is 3.07. The van der Waals surface area contributed by atoms with Gasteiger partial charge in [0.2, 0.25) is 0 Å². The number of carbonyl (C=O) groups is 1. The third-order valence-corrected chi connectivity index (χ3v) is 6.49. The molecule has 3 nitrogen and oxygen atoms in total. The quantitative estimate of drug-likeness (QED) is 0.535. The number of aromatic nitrogens is 1. The van der Waals surface area contributed by atoms with Gasteiger partial charge >= 0.3 is 5.97 Å². The zero-order valence-corrected chi connectivity index (χ0v) is 18.8. The Hall–Kier alpha value is -2.03. The summed E-state index contributed by atoms with van der Waals surface area (Å²) in [4.78, 5) is 16.3. The molecule has 2 aromatic rings. The van der Waals surface area contributed by atoms with Crippen LogP contribution in [0.1, 0.15) is 110 Å². The number of ether oxygens (including phenoxy) is 1. The molecule has 1 aliphatic carbocycles. The molecule has 0 spiro atoms. The van der Waals surface area contributed by atoms with Gasteiger partial charge in [0, 0.05) is 5.69 Å². The molecule has 1 heterocycles. The van der Waals surface area contributed by atoms with Crippen molar-refractivity contribution in [1.82, 2.24) is 4.98 Å². The van der Waals surface area contributed by atoms with E-state index in [4.69, 9.17) is 4.74 Å². The second-order valence-corrected chi connectivity index (χ2v) is 8.89. The molecule has 0 saturated heterocycles. The zero-order valence-electron chi connectivity index (χ0n) is 18.8. The number of esters is 1. The molecule has 3 heteroatoms. The Morgan fingerprint density at radius 2 is 1.33 bits per heavy atom. The molecule has 1 aromatic carbocycles. The monoisotopic (exact) mass is 409 g/mol. The van der Waals surface area contributed by atoms with Crippen molar-refractivity contribution < 1.29 is 9.53 Å². The molecular formula is C27H39NO2. The van der Waals surface area contributed by atoms with Crippen LogP contribution in [0.2, 0.25) is 0 Å². The van der Waals surface area contributed by atoms with Crippen LogP contribution >= 0.6 is 0 Å². The number of aryl methyl sites for hydroxylation is 1. The Morgan fingerprint density at radius 3 is 1.93 bits per heavy atom. The maximum Gasteiger partial charge on any atom is 0.355 e. The highest BCUT2D eigenvalue weighted by Crippen LogP contribution is 2.25. The molecule has 0 unspecified atom stereocenters. The van der Waals surface area contributed by atoms with E-state index in [1.54, 1.807) is 0 Å². The van der Waals surface area contributed by atoms with E-state index in [9.17, 15) is 4.79 Å². The van der Waals surface area contributed by atoms with Crippen LogP contribution in [0.4, 0.5) is 0 Å². The van der Waals surface area contributed by atoms with Gasteiger partial charge in [-0.05, 0) is 49.3 Å². The summed E-state index contributed by atoms with van der Waals surface area (Å²) >= 11 is 0. The van der Waals surface area contributed by atoms with Crippen molar-refractivity contribution in [3.05, 3.63) is 58.4 Å². The van der Waals surface area contributed by atoms with Gasteiger partial charge in [-0.3, -0.25) is 0 Å². The van der Waals surface area contributed by atoms with Crippen molar-refractivity contribution in [2.45, 2.75) is 103 Å². The molecule has 1 aliphatic rings. The Balaban J connectivity index is 1.65. The number of hydrogen-bond donors (Lipinski definition) is 1. The standard InChI is InChI=1S/C27H39NO2/c1-22-24-19-15-10-8-6-4-2-3-5-7-9-11-16-20-25(24)28-26(22)27(29)30-21-23-17-13-12-14-18-23/h12-14,17-18,28H,2-11,15-16,19-21H2,1H3. The van der Waals surface area contributed by atoms with Crippen LogP contribution in [0.5, 0.6) is 0 Å². The smallest absolute Gasteiger partial charge is 0.355 e. The van der Waals surface area contributed by atoms with E-state index in [1.165, 1.54) is 88.3 Å². The number of rotatable bonds is 3. The minimum absolute atomic E-state index is 0.227. The predicted octanol–water partition coefficient (Wildman–Crippen LogP) is 7.46. The molecule has 0 saturated carbocycles. The number of fused-ring (bicyclic) bond motifs is 1. The first-order chi connectivity index (χ1) is 14.8. The number of aromatic amines is 1. The molecule has 1 aromatic heterocycles. The van der Waals surface area contributed by atoms with Crippen LogP contribution in [-0.2, 0) is 24.2 Å². The minimum atomic E-state index is -0.227. The Morgan fingerprint density at radius 1 is 0.800 bits per heavy atom.